The van der Waals surface area contributed by atoms with Crippen LogP contribution in [0.5, 0.6) is 5.75 Å². The summed E-state index contributed by atoms with van der Waals surface area (Å²) in [6.45, 7) is 4.43. The van der Waals surface area contributed by atoms with Crippen LogP contribution in [-0.4, -0.2) is 84.1 Å². The molecular formula is C37H43F7N4O5S. The van der Waals surface area contributed by atoms with Crippen molar-refractivity contribution in [1.82, 2.24) is 20.5 Å². The normalized spacial score (nSPS) is 21.9. The number of hydrogen-bond acceptors (Lipinski definition) is 8. The molecule has 2 aromatic carbocycles. The van der Waals surface area contributed by atoms with Crippen LogP contribution in [-0.2, 0) is 27.2 Å². The number of nitrogens with one attached hydrogen (secondary N) is 3. The number of aromatic amines is 1. The van der Waals surface area contributed by atoms with Crippen LogP contribution >= 0.6 is 11.3 Å². The number of phenols is 1. The lowest BCUT2D eigenvalue weighted by atomic mass is 9.49. The van der Waals surface area contributed by atoms with E-state index in [1.54, 1.807) is 6.07 Å². The molecule has 4 aliphatic carbocycles. The minimum absolute atomic E-state index is 0.101. The van der Waals surface area contributed by atoms with E-state index < -0.39 is 23.9 Å². The number of aromatic hydroxyl groups is 1. The molecule has 1 amide bonds. The van der Waals surface area contributed by atoms with Gasteiger partial charge in [-0.2, -0.15) is 26.3 Å². The third kappa shape index (κ3) is 10.9. The van der Waals surface area contributed by atoms with Crippen LogP contribution < -0.4 is 15.5 Å². The number of aromatic nitrogens is 1. The summed E-state index contributed by atoms with van der Waals surface area (Å²) < 4.78 is 80.9. The highest BCUT2D eigenvalue weighted by atomic mass is 32.1. The van der Waals surface area contributed by atoms with Crippen LogP contribution in [0.1, 0.15) is 56.1 Å². The summed E-state index contributed by atoms with van der Waals surface area (Å²) in [5, 5.41) is 17.0. The minimum atomic E-state index is -5.77. The number of halogens is 7. The fourth-order valence-electron chi connectivity index (χ4n) is 8.63. The highest BCUT2D eigenvalue weighted by Crippen LogP contribution is 2.60. The Balaban J connectivity index is 0.000000404. The van der Waals surface area contributed by atoms with Crippen LogP contribution in [0.25, 0.3) is 10.2 Å². The number of hydrogen-bond donors (Lipinski definition) is 4. The molecule has 1 heterocycles. The van der Waals surface area contributed by atoms with Crippen molar-refractivity contribution in [2.24, 2.45) is 23.2 Å². The smallest absolute Gasteiger partial charge is 0.458 e. The average Bonchev–Trinajstić information content (AvgIpc) is 3.49. The van der Waals surface area contributed by atoms with Crippen molar-refractivity contribution in [2.75, 3.05) is 39.3 Å². The molecule has 54 heavy (non-hydrogen) atoms. The number of H-pyrrole nitrogens is 1. The second-order valence-electron chi connectivity index (χ2n) is 14.7. The molecular weight excluding hydrogens is 745 g/mol. The molecule has 4 fully saturated rings. The topological polar surface area (TPSA) is 132 Å². The standard InChI is InChI=1S/C33H43FN4O3S.C4F6O2/c34-27-4-1-22(2-5-27)7-10-35-12-9-29(40)38(21-33-18-23-15-24(19-33)17-25(16-23)20-33)14-13-36-11-8-26-3-6-28(39)30-31(26)42-32(41)37-30;5-3(6,7)1(11)2(12)4(8,9)10/h1-6,23-25,35-36,39H,7-21H2,(H,37,41);. The summed E-state index contributed by atoms with van der Waals surface area (Å²) in [5.41, 5.74) is 2.93. The number of thiazole rings is 1. The summed E-state index contributed by atoms with van der Waals surface area (Å²) in [7, 11) is 0. The van der Waals surface area contributed by atoms with E-state index in [2.05, 4.69) is 20.5 Å². The first kappa shape index (κ1) is 41.3. The Hall–Kier alpha value is -3.83. The lowest BCUT2D eigenvalue weighted by Gasteiger charge is -2.58. The molecule has 0 aliphatic heterocycles. The zero-order valence-electron chi connectivity index (χ0n) is 29.4. The van der Waals surface area contributed by atoms with Crippen molar-refractivity contribution in [3.8, 4) is 5.75 Å². The number of benzene rings is 2. The molecule has 17 heteroatoms. The second-order valence-corrected chi connectivity index (χ2v) is 15.7. The number of carbonyl (C=O) groups is 3. The largest absolute Gasteiger partial charge is 0.506 e. The zero-order chi connectivity index (χ0) is 39.3. The molecule has 4 N–H and O–H groups in total. The summed E-state index contributed by atoms with van der Waals surface area (Å²) in [6.07, 6.45) is -1.48. The molecule has 0 spiro atoms. The van der Waals surface area contributed by atoms with Crippen LogP contribution in [0.15, 0.2) is 41.2 Å². The molecule has 4 saturated carbocycles. The van der Waals surface area contributed by atoms with E-state index in [-0.39, 0.29) is 22.3 Å². The third-order valence-corrected chi connectivity index (χ3v) is 11.5. The Morgan fingerprint density at radius 3 is 1.94 bits per heavy atom. The third-order valence-electron chi connectivity index (χ3n) is 10.6. The van der Waals surface area contributed by atoms with E-state index in [9.17, 15) is 55.0 Å². The maximum Gasteiger partial charge on any atom is 0.458 e. The Morgan fingerprint density at radius 1 is 0.815 bits per heavy atom. The lowest BCUT2D eigenvalue weighted by molar-refractivity contribution is -0.193. The van der Waals surface area contributed by atoms with Crippen molar-refractivity contribution in [3.63, 3.8) is 0 Å². The molecule has 7 rings (SSSR count). The number of fused-ring (bicyclic) bond motifs is 1. The van der Waals surface area contributed by atoms with E-state index >= 15 is 0 Å². The lowest BCUT2D eigenvalue weighted by Crippen LogP contribution is -2.53. The quantitative estimate of drug-likeness (QED) is 0.0835. The molecule has 1 aromatic heterocycles. The number of ketones is 2. The predicted molar refractivity (Wildman–Crippen MR) is 188 cm³/mol. The van der Waals surface area contributed by atoms with Crippen LogP contribution in [0.2, 0.25) is 0 Å². The van der Waals surface area contributed by atoms with Crippen molar-refractivity contribution < 1.29 is 50.2 Å². The highest BCUT2D eigenvalue weighted by Gasteiger charge is 2.54. The van der Waals surface area contributed by atoms with Crippen molar-refractivity contribution in [2.45, 2.75) is 70.1 Å². The van der Waals surface area contributed by atoms with Gasteiger partial charge in [-0.3, -0.25) is 19.2 Å². The van der Waals surface area contributed by atoms with Crippen molar-refractivity contribution in [1.29, 1.82) is 0 Å². The summed E-state index contributed by atoms with van der Waals surface area (Å²) in [4.78, 5) is 49.3. The van der Waals surface area contributed by atoms with Gasteiger partial charge in [-0.25, -0.2) is 4.39 Å². The van der Waals surface area contributed by atoms with Gasteiger partial charge in [0.1, 0.15) is 17.1 Å². The first-order chi connectivity index (χ1) is 25.4. The van der Waals surface area contributed by atoms with E-state index in [1.807, 2.05) is 18.2 Å². The van der Waals surface area contributed by atoms with Gasteiger partial charge in [0.25, 0.3) is 0 Å². The maximum atomic E-state index is 13.6. The molecule has 0 unspecified atom stereocenters. The molecule has 3 aromatic rings. The number of nitrogens with zero attached hydrogens (tertiary/aromatic N) is 1. The van der Waals surface area contributed by atoms with E-state index in [0.717, 1.165) is 83.9 Å². The molecule has 0 atom stereocenters. The molecule has 296 valence electrons. The van der Waals surface area contributed by atoms with Crippen LogP contribution in [0.4, 0.5) is 30.7 Å². The highest BCUT2D eigenvalue weighted by molar-refractivity contribution is 7.16. The maximum absolute atomic E-state index is 13.6. The Bertz CT molecular complexity index is 1780. The van der Waals surface area contributed by atoms with Gasteiger partial charge in [0, 0.05) is 32.6 Å². The van der Waals surface area contributed by atoms with Gasteiger partial charge in [0.05, 0.1) is 4.70 Å². The fraction of sp³-hybridized carbons (Fsp3) is 0.568. The SMILES string of the molecule is O=C(C(=O)C(F)(F)F)C(F)(F)F.O=C(CCNCCc1ccc(F)cc1)N(CCNCCc1ccc(O)c2[nH]c(=O)sc12)CC12CC3CC(CC(C3)C1)C2. The molecule has 0 radical (unpaired) electrons. The Labute approximate surface area is 310 Å². The number of alkyl halides is 6. The summed E-state index contributed by atoms with van der Waals surface area (Å²) >= 11 is 1.13. The van der Waals surface area contributed by atoms with Crippen molar-refractivity contribution in [3.05, 3.63) is 63.0 Å². The van der Waals surface area contributed by atoms with Gasteiger partial charge in [-0.15, -0.1) is 0 Å². The number of amides is 1. The van der Waals surface area contributed by atoms with Gasteiger partial charge < -0.3 is 25.6 Å². The molecule has 0 saturated heterocycles. The number of Topliss-reactive ketones (excluding diaryl/α,β-unsaturated/α-hetero) is 2. The van der Waals surface area contributed by atoms with Gasteiger partial charge in [0.2, 0.25) is 5.91 Å². The van der Waals surface area contributed by atoms with E-state index in [0.29, 0.717) is 30.4 Å². The zero-order valence-corrected chi connectivity index (χ0v) is 30.2. The molecule has 9 nitrogen and oxygen atoms in total. The number of phenolic OH excluding ortho intramolecular Hbond substituents is 1. The van der Waals surface area contributed by atoms with Gasteiger partial charge in [-0.05, 0) is 117 Å². The summed E-state index contributed by atoms with van der Waals surface area (Å²) in [6, 6.07) is 10.1. The van der Waals surface area contributed by atoms with E-state index in [1.165, 1.54) is 50.7 Å². The fourth-order valence-corrected chi connectivity index (χ4v) is 9.53. The number of carbonyl (C=O) groups excluding carboxylic acids is 3. The molecule has 4 aliphatic rings. The Morgan fingerprint density at radius 2 is 1.37 bits per heavy atom. The Kier molecular flexibility index (Phi) is 13.3. The number of rotatable bonds is 15. The van der Waals surface area contributed by atoms with Gasteiger partial charge >= 0.3 is 28.8 Å². The average molecular weight is 789 g/mol. The first-order valence-electron chi connectivity index (χ1n) is 17.9. The van der Waals surface area contributed by atoms with Crippen LogP contribution in [0, 0.1) is 29.0 Å². The van der Waals surface area contributed by atoms with Gasteiger partial charge in [0.15, 0.2) is 0 Å². The monoisotopic (exact) mass is 788 g/mol. The van der Waals surface area contributed by atoms with Crippen molar-refractivity contribution >= 4 is 39.0 Å². The predicted octanol–water partition coefficient (Wildman–Crippen LogP) is 6.08. The summed E-state index contributed by atoms with van der Waals surface area (Å²) in [5.74, 6) is -4.15. The molecule has 4 bridgehead atoms. The van der Waals surface area contributed by atoms with Crippen LogP contribution in [0.3, 0.4) is 0 Å². The van der Waals surface area contributed by atoms with Gasteiger partial charge in [-0.1, -0.05) is 29.5 Å². The minimum Gasteiger partial charge on any atom is -0.506 e. The first-order valence-corrected chi connectivity index (χ1v) is 18.7. The van der Waals surface area contributed by atoms with E-state index in [4.69, 9.17) is 0 Å². The second kappa shape index (κ2) is 17.3.